The molecule has 0 spiro atoms. The van der Waals surface area contributed by atoms with Crippen LogP contribution in [0.3, 0.4) is 0 Å². The number of aromatic nitrogens is 2. The predicted octanol–water partition coefficient (Wildman–Crippen LogP) is 6.22. The summed E-state index contributed by atoms with van der Waals surface area (Å²) < 4.78 is 41.6. The summed E-state index contributed by atoms with van der Waals surface area (Å²) in [5, 5.41) is 7.50. The van der Waals surface area contributed by atoms with Gasteiger partial charge in [0, 0.05) is 23.3 Å². The van der Waals surface area contributed by atoms with Gasteiger partial charge in [0.1, 0.15) is 17.5 Å². The van der Waals surface area contributed by atoms with Crippen LogP contribution in [0.25, 0.3) is 22.3 Å². The molecule has 2 aromatic carbocycles. The second kappa shape index (κ2) is 8.12. The van der Waals surface area contributed by atoms with Crippen molar-refractivity contribution in [1.82, 2.24) is 10.2 Å². The lowest BCUT2D eigenvalue weighted by atomic mass is 9.94. The number of rotatable bonds is 2. The molecule has 0 aliphatic heterocycles. The summed E-state index contributed by atoms with van der Waals surface area (Å²) in [6, 6.07) is 10.1. The number of benzene rings is 2. The van der Waals surface area contributed by atoms with E-state index in [1.807, 2.05) is 19.9 Å². The molecule has 0 bridgehead atoms. The van der Waals surface area contributed by atoms with Crippen LogP contribution in [-0.4, -0.2) is 10.2 Å². The van der Waals surface area contributed by atoms with E-state index in [2.05, 4.69) is 10.2 Å². The highest BCUT2D eigenvalue weighted by Crippen LogP contribution is 2.40. The van der Waals surface area contributed by atoms with Crippen LogP contribution < -0.4 is 0 Å². The second-order valence-corrected chi connectivity index (χ2v) is 5.29. The standard InChI is InChI=1S/C17H10ClF3N2.C2H6/c1-9-14(10-5-3-2-4-6-10)16(17(18)23-22-9)15-12(20)7-11(19)8-13(15)21;1-2/h2-8H,1H3;1-2H3. The van der Waals surface area contributed by atoms with Crippen LogP contribution in [0.1, 0.15) is 19.5 Å². The highest BCUT2D eigenvalue weighted by molar-refractivity contribution is 6.32. The Balaban J connectivity index is 0.00000109. The Morgan fingerprint density at radius 3 is 1.92 bits per heavy atom. The lowest BCUT2D eigenvalue weighted by molar-refractivity contribution is 0.548. The number of nitrogens with zero attached hydrogens (tertiary/aromatic N) is 2. The Morgan fingerprint density at radius 1 is 0.800 bits per heavy atom. The van der Waals surface area contributed by atoms with Gasteiger partial charge >= 0.3 is 0 Å². The number of halogens is 4. The maximum absolute atomic E-state index is 14.2. The molecule has 3 rings (SSSR count). The predicted molar refractivity (Wildman–Crippen MR) is 93.9 cm³/mol. The average molecular weight is 365 g/mol. The SMILES string of the molecule is CC.Cc1nnc(Cl)c(-c2c(F)cc(F)cc2F)c1-c1ccccc1. The zero-order chi connectivity index (χ0) is 18.6. The molecule has 0 fully saturated rings. The third-order valence-corrected chi connectivity index (χ3v) is 3.69. The van der Waals surface area contributed by atoms with Crippen molar-refractivity contribution in [3.05, 3.63) is 70.8 Å². The fourth-order valence-electron chi connectivity index (χ4n) is 2.47. The molecule has 0 unspecified atom stereocenters. The van der Waals surface area contributed by atoms with Gasteiger partial charge in [-0.3, -0.25) is 0 Å². The van der Waals surface area contributed by atoms with Gasteiger partial charge in [0.15, 0.2) is 5.15 Å². The Bertz CT molecular complexity index is 860. The Morgan fingerprint density at radius 2 is 1.36 bits per heavy atom. The van der Waals surface area contributed by atoms with E-state index in [0.29, 0.717) is 29.0 Å². The molecule has 0 amide bonds. The smallest absolute Gasteiger partial charge is 0.160 e. The summed E-state index contributed by atoms with van der Waals surface area (Å²) in [4.78, 5) is 0. The van der Waals surface area contributed by atoms with Gasteiger partial charge in [0.05, 0.1) is 11.3 Å². The Hall–Kier alpha value is -2.40. The van der Waals surface area contributed by atoms with Gasteiger partial charge in [0.25, 0.3) is 0 Å². The monoisotopic (exact) mass is 364 g/mol. The highest BCUT2D eigenvalue weighted by Gasteiger charge is 2.23. The van der Waals surface area contributed by atoms with Crippen molar-refractivity contribution < 1.29 is 13.2 Å². The van der Waals surface area contributed by atoms with Crippen molar-refractivity contribution in [1.29, 1.82) is 0 Å². The van der Waals surface area contributed by atoms with Crippen LogP contribution in [0.15, 0.2) is 42.5 Å². The average Bonchev–Trinajstić information content (AvgIpc) is 2.60. The molecule has 0 saturated heterocycles. The Kier molecular flexibility index (Phi) is 6.15. The fourth-order valence-corrected chi connectivity index (χ4v) is 2.70. The summed E-state index contributed by atoms with van der Waals surface area (Å²) >= 11 is 6.07. The molecule has 0 aliphatic carbocycles. The van der Waals surface area contributed by atoms with Crippen molar-refractivity contribution in [2.45, 2.75) is 20.8 Å². The molecular formula is C19H16ClF3N2. The highest BCUT2D eigenvalue weighted by atomic mass is 35.5. The normalized spacial score (nSPS) is 10.2. The first kappa shape index (κ1) is 18.9. The van der Waals surface area contributed by atoms with Gasteiger partial charge in [-0.1, -0.05) is 55.8 Å². The van der Waals surface area contributed by atoms with E-state index in [0.717, 1.165) is 0 Å². The first-order chi connectivity index (χ1) is 12.0. The third kappa shape index (κ3) is 3.82. The molecule has 1 heterocycles. The second-order valence-electron chi connectivity index (χ2n) is 4.94. The van der Waals surface area contributed by atoms with Gasteiger partial charge in [-0.25, -0.2) is 13.2 Å². The topological polar surface area (TPSA) is 25.8 Å². The summed E-state index contributed by atoms with van der Waals surface area (Å²) in [6.45, 7) is 5.66. The van der Waals surface area contributed by atoms with Crippen molar-refractivity contribution in [2.75, 3.05) is 0 Å². The largest absolute Gasteiger partial charge is 0.207 e. The number of hydrogen-bond acceptors (Lipinski definition) is 2. The van der Waals surface area contributed by atoms with Crippen LogP contribution >= 0.6 is 11.6 Å². The van der Waals surface area contributed by atoms with E-state index < -0.39 is 23.0 Å². The van der Waals surface area contributed by atoms with Crippen LogP contribution in [-0.2, 0) is 0 Å². The van der Waals surface area contributed by atoms with E-state index in [4.69, 9.17) is 11.6 Å². The molecule has 1 aromatic heterocycles. The van der Waals surface area contributed by atoms with E-state index in [9.17, 15) is 13.2 Å². The van der Waals surface area contributed by atoms with Gasteiger partial charge < -0.3 is 0 Å². The van der Waals surface area contributed by atoms with Crippen LogP contribution in [0.5, 0.6) is 0 Å². The van der Waals surface area contributed by atoms with Crippen LogP contribution in [0.2, 0.25) is 5.15 Å². The lowest BCUT2D eigenvalue weighted by Gasteiger charge is -2.14. The summed E-state index contributed by atoms with van der Waals surface area (Å²) in [5.41, 5.74) is 1.22. The summed E-state index contributed by atoms with van der Waals surface area (Å²) in [7, 11) is 0. The van der Waals surface area contributed by atoms with Crippen molar-refractivity contribution in [3.63, 3.8) is 0 Å². The van der Waals surface area contributed by atoms with E-state index in [-0.39, 0.29) is 10.7 Å². The van der Waals surface area contributed by atoms with Gasteiger partial charge in [-0.05, 0) is 12.5 Å². The zero-order valence-corrected chi connectivity index (χ0v) is 14.7. The minimum Gasteiger partial charge on any atom is -0.207 e. The van der Waals surface area contributed by atoms with E-state index in [1.54, 1.807) is 31.2 Å². The minimum absolute atomic E-state index is 0.0559. The fraction of sp³-hybridized carbons (Fsp3) is 0.158. The summed E-state index contributed by atoms with van der Waals surface area (Å²) in [6.07, 6.45) is 0. The van der Waals surface area contributed by atoms with E-state index >= 15 is 0 Å². The molecule has 3 aromatic rings. The first-order valence-corrected chi connectivity index (χ1v) is 8.10. The molecule has 0 N–H and O–H groups in total. The first-order valence-electron chi connectivity index (χ1n) is 7.72. The molecule has 0 saturated carbocycles. The van der Waals surface area contributed by atoms with Crippen molar-refractivity contribution in [3.8, 4) is 22.3 Å². The molecule has 0 radical (unpaired) electrons. The molecule has 2 nitrogen and oxygen atoms in total. The maximum Gasteiger partial charge on any atom is 0.160 e. The quantitative estimate of drug-likeness (QED) is 0.539. The van der Waals surface area contributed by atoms with Gasteiger partial charge in [-0.2, -0.15) is 5.10 Å². The minimum atomic E-state index is -1.05. The molecule has 25 heavy (non-hydrogen) atoms. The number of aryl methyl sites for hydroxylation is 1. The van der Waals surface area contributed by atoms with Crippen molar-refractivity contribution in [2.24, 2.45) is 0 Å². The van der Waals surface area contributed by atoms with Gasteiger partial charge in [-0.15, -0.1) is 5.10 Å². The molecule has 6 heteroatoms. The van der Waals surface area contributed by atoms with Crippen LogP contribution in [0.4, 0.5) is 13.2 Å². The summed E-state index contributed by atoms with van der Waals surface area (Å²) in [5.74, 6) is -3.09. The van der Waals surface area contributed by atoms with Crippen LogP contribution in [0, 0.1) is 24.4 Å². The van der Waals surface area contributed by atoms with Crippen molar-refractivity contribution >= 4 is 11.6 Å². The zero-order valence-electron chi connectivity index (χ0n) is 13.9. The molecule has 0 atom stereocenters. The maximum atomic E-state index is 14.2. The lowest BCUT2D eigenvalue weighted by Crippen LogP contribution is -2.01. The molecule has 0 aliphatic rings. The Labute approximate surface area is 149 Å². The number of hydrogen-bond donors (Lipinski definition) is 0. The molecule has 130 valence electrons. The van der Waals surface area contributed by atoms with Gasteiger partial charge in [0.2, 0.25) is 0 Å². The molecular weight excluding hydrogens is 349 g/mol. The van der Waals surface area contributed by atoms with E-state index in [1.165, 1.54) is 0 Å². The third-order valence-electron chi connectivity index (χ3n) is 3.43.